The van der Waals surface area contributed by atoms with Gasteiger partial charge in [-0.3, -0.25) is 0 Å². The van der Waals surface area contributed by atoms with Crippen molar-refractivity contribution in [2.45, 2.75) is 12.1 Å². The van der Waals surface area contributed by atoms with E-state index in [4.69, 9.17) is 26.8 Å². The molecule has 3 aromatic rings. The summed E-state index contributed by atoms with van der Waals surface area (Å²) < 4.78 is 11.7. The Kier molecular flexibility index (Phi) is 6.54. The van der Waals surface area contributed by atoms with Gasteiger partial charge in [-0.25, -0.2) is 0 Å². The second-order valence-corrected chi connectivity index (χ2v) is 6.87. The topological polar surface area (TPSA) is 84.9 Å². The van der Waals surface area contributed by atoms with Crippen molar-refractivity contribution in [1.82, 2.24) is 0 Å². The van der Waals surface area contributed by atoms with Crippen molar-refractivity contribution in [3.63, 3.8) is 0 Å². The summed E-state index contributed by atoms with van der Waals surface area (Å²) in [5.74, 6) is 1.79. The Bertz CT molecular complexity index is 913. The van der Waals surface area contributed by atoms with Crippen LogP contribution in [0, 0.1) is 0 Å². The number of hydrogen-bond donors (Lipinski definition) is 3. The smallest absolute Gasteiger partial charge is 0.131 e. The minimum absolute atomic E-state index is 0.305. The Labute approximate surface area is 168 Å². The average molecular weight is 400 g/mol. The third-order valence-corrected chi connectivity index (χ3v) is 4.64. The number of rotatable bonds is 8. The summed E-state index contributed by atoms with van der Waals surface area (Å²) in [5.41, 5.74) is 6.20. The summed E-state index contributed by atoms with van der Waals surface area (Å²) in [5, 5.41) is 19.2. The highest BCUT2D eigenvalue weighted by atomic mass is 35.5. The molecule has 0 aliphatic rings. The molecule has 5 nitrogen and oxygen atoms in total. The van der Waals surface area contributed by atoms with Crippen LogP contribution >= 0.6 is 11.6 Å². The van der Waals surface area contributed by atoms with Crippen molar-refractivity contribution in [2.75, 3.05) is 13.2 Å². The van der Waals surface area contributed by atoms with E-state index in [-0.39, 0.29) is 0 Å². The van der Waals surface area contributed by atoms with E-state index in [1.807, 2.05) is 48.5 Å². The summed E-state index contributed by atoms with van der Waals surface area (Å²) in [7, 11) is 0. The zero-order valence-corrected chi connectivity index (χ0v) is 16.0. The lowest BCUT2D eigenvalue weighted by atomic mass is 9.93. The van der Waals surface area contributed by atoms with E-state index >= 15 is 0 Å². The molecule has 28 heavy (non-hydrogen) atoms. The average Bonchev–Trinajstić information content (AvgIpc) is 2.73. The van der Waals surface area contributed by atoms with E-state index in [1.54, 1.807) is 24.3 Å². The molecule has 0 spiro atoms. The van der Waals surface area contributed by atoms with Gasteiger partial charge in [0.1, 0.15) is 23.9 Å². The molecule has 0 atom stereocenters. The van der Waals surface area contributed by atoms with Crippen molar-refractivity contribution < 1.29 is 19.7 Å². The van der Waals surface area contributed by atoms with Gasteiger partial charge in [-0.2, -0.15) is 0 Å². The lowest BCUT2D eigenvalue weighted by Gasteiger charge is -2.26. The van der Waals surface area contributed by atoms with Gasteiger partial charge in [-0.1, -0.05) is 54.1 Å². The number of aliphatic hydroxyl groups excluding tert-OH is 2. The second kappa shape index (κ2) is 9.08. The largest absolute Gasteiger partial charge is 0.489 e. The van der Waals surface area contributed by atoms with Gasteiger partial charge in [0.15, 0.2) is 0 Å². The van der Waals surface area contributed by atoms with Gasteiger partial charge in [-0.15, -0.1) is 0 Å². The number of halogens is 1. The summed E-state index contributed by atoms with van der Waals surface area (Å²) in [6, 6.07) is 22.1. The number of ether oxygens (including phenoxy) is 2. The fourth-order valence-corrected chi connectivity index (χ4v) is 3.05. The number of aliphatic hydroxyl groups is 2. The summed E-state index contributed by atoms with van der Waals surface area (Å²) in [4.78, 5) is 0. The zero-order valence-electron chi connectivity index (χ0n) is 15.2. The predicted molar refractivity (Wildman–Crippen MR) is 109 cm³/mol. The van der Waals surface area contributed by atoms with Gasteiger partial charge in [0.25, 0.3) is 0 Å². The lowest BCUT2D eigenvalue weighted by Crippen LogP contribution is -2.44. The Morgan fingerprint density at radius 2 is 1.50 bits per heavy atom. The number of hydrogen-bond acceptors (Lipinski definition) is 5. The molecule has 0 fully saturated rings. The number of nitrogens with two attached hydrogens (primary N) is 1. The van der Waals surface area contributed by atoms with Crippen LogP contribution in [0.25, 0.3) is 0 Å². The first-order valence-electron chi connectivity index (χ1n) is 8.79. The summed E-state index contributed by atoms with van der Waals surface area (Å²) in [6.45, 7) is -0.389. The molecule has 146 valence electrons. The molecule has 0 amide bonds. The Hall–Kier alpha value is -2.57. The van der Waals surface area contributed by atoms with Crippen LogP contribution in [0.1, 0.15) is 11.1 Å². The maximum Gasteiger partial charge on any atom is 0.131 e. The standard InChI is InChI=1S/C22H22ClNO4/c23-21-12-19(9-10-20(21)22(24,14-25)15-26)28-18-8-4-7-17(11-18)27-13-16-5-2-1-3-6-16/h1-12,25-26H,13-15,24H2. The zero-order chi connectivity index (χ0) is 20.0. The monoisotopic (exact) mass is 399 g/mol. The van der Waals surface area contributed by atoms with Crippen molar-refractivity contribution in [2.24, 2.45) is 5.73 Å². The van der Waals surface area contributed by atoms with E-state index in [0.717, 1.165) is 5.56 Å². The van der Waals surface area contributed by atoms with Crippen LogP contribution in [-0.2, 0) is 12.1 Å². The fraction of sp³-hybridized carbons (Fsp3) is 0.182. The van der Waals surface area contributed by atoms with Gasteiger partial charge >= 0.3 is 0 Å². The molecule has 0 radical (unpaired) electrons. The second-order valence-electron chi connectivity index (χ2n) is 6.47. The summed E-state index contributed by atoms with van der Waals surface area (Å²) in [6.07, 6.45) is 0. The third kappa shape index (κ3) is 4.82. The van der Waals surface area contributed by atoms with Gasteiger partial charge in [-0.05, 0) is 35.4 Å². The van der Waals surface area contributed by atoms with Crippen LogP contribution in [0.15, 0.2) is 72.8 Å². The van der Waals surface area contributed by atoms with Crippen molar-refractivity contribution in [3.05, 3.63) is 88.9 Å². The minimum atomic E-state index is -1.30. The van der Waals surface area contributed by atoms with Crippen LogP contribution in [0.2, 0.25) is 5.02 Å². The van der Waals surface area contributed by atoms with Gasteiger partial charge in [0.2, 0.25) is 0 Å². The minimum Gasteiger partial charge on any atom is -0.489 e. The van der Waals surface area contributed by atoms with E-state index in [1.165, 1.54) is 0 Å². The summed E-state index contributed by atoms with van der Waals surface area (Å²) >= 11 is 6.28. The Morgan fingerprint density at radius 1 is 0.821 bits per heavy atom. The first-order chi connectivity index (χ1) is 13.5. The first-order valence-corrected chi connectivity index (χ1v) is 9.17. The maximum absolute atomic E-state index is 9.44. The quantitative estimate of drug-likeness (QED) is 0.535. The van der Waals surface area contributed by atoms with Gasteiger partial charge in [0, 0.05) is 11.1 Å². The van der Waals surface area contributed by atoms with E-state index in [9.17, 15) is 10.2 Å². The van der Waals surface area contributed by atoms with Crippen molar-refractivity contribution in [3.8, 4) is 17.2 Å². The first kappa shape index (κ1) is 20.2. The van der Waals surface area contributed by atoms with E-state index < -0.39 is 18.8 Å². The SMILES string of the molecule is NC(CO)(CO)c1ccc(Oc2cccc(OCc3ccccc3)c2)cc1Cl. The van der Waals surface area contributed by atoms with Crippen molar-refractivity contribution in [1.29, 1.82) is 0 Å². The molecular weight excluding hydrogens is 378 g/mol. The maximum atomic E-state index is 9.44. The fourth-order valence-electron chi connectivity index (χ4n) is 2.69. The Morgan fingerprint density at radius 3 is 2.18 bits per heavy atom. The normalized spacial score (nSPS) is 11.3. The molecule has 0 bridgehead atoms. The third-order valence-electron chi connectivity index (χ3n) is 4.33. The lowest BCUT2D eigenvalue weighted by molar-refractivity contribution is 0.121. The van der Waals surface area contributed by atoms with Crippen LogP contribution in [-0.4, -0.2) is 23.4 Å². The van der Waals surface area contributed by atoms with E-state index in [0.29, 0.717) is 34.4 Å². The van der Waals surface area contributed by atoms with Crippen LogP contribution in [0.3, 0.4) is 0 Å². The highest BCUT2D eigenvalue weighted by Gasteiger charge is 2.28. The predicted octanol–water partition coefficient (Wildman–Crippen LogP) is 3.85. The molecule has 0 aromatic heterocycles. The molecular formula is C22H22ClNO4. The molecule has 0 unspecified atom stereocenters. The molecule has 6 heteroatoms. The van der Waals surface area contributed by atoms with E-state index in [2.05, 4.69) is 0 Å². The highest BCUT2D eigenvalue weighted by molar-refractivity contribution is 6.31. The van der Waals surface area contributed by atoms with Gasteiger partial charge in [0.05, 0.1) is 18.8 Å². The molecule has 3 aromatic carbocycles. The molecule has 0 saturated heterocycles. The molecule has 0 heterocycles. The van der Waals surface area contributed by atoms with Crippen molar-refractivity contribution >= 4 is 11.6 Å². The van der Waals surface area contributed by atoms with Gasteiger partial charge < -0.3 is 25.4 Å². The Balaban J connectivity index is 1.71. The molecule has 0 aliphatic heterocycles. The number of benzene rings is 3. The molecule has 3 rings (SSSR count). The van der Waals surface area contributed by atoms with Crippen LogP contribution in [0.4, 0.5) is 0 Å². The van der Waals surface area contributed by atoms with Crippen LogP contribution in [0.5, 0.6) is 17.2 Å². The highest BCUT2D eigenvalue weighted by Crippen LogP contribution is 2.32. The van der Waals surface area contributed by atoms with Crippen LogP contribution < -0.4 is 15.2 Å². The molecule has 4 N–H and O–H groups in total. The molecule has 0 aliphatic carbocycles. The molecule has 0 saturated carbocycles.